The second-order valence-corrected chi connectivity index (χ2v) is 4.06. The van der Waals surface area contributed by atoms with Crippen molar-refractivity contribution in [1.29, 1.82) is 0 Å². The Morgan fingerprint density at radius 3 is 2.92 bits per heavy atom. The molecule has 12 heavy (non-hydrogen) atoms. The molecule has 0 aromatic heterocycles. The molecule has 3 heteroatoms. The van der Waals surface area contributed by atoms with Gasteiger partial charge in [0.05, 0.1) is 17.6 Å². The first-order chi connectivity index (χ1) is 5.52. The Labute approximate surface area is 71.7 Å². The van der Waals surface area contributed by atoms with Crippen molar-refractivity contribution in [3.63, 3.8) is 0 Å². The molecule has 2 rings (SSSR count). The van der Waals surface area contributed by atoms with Gasteiger partial charge in [-0.3, -0.25) is 4.79 Å². The number of hydrogen-bond acceptors (Lipinski definition) is 2. The zero-order valence-corrected chi connectivity index (χ0v) is 7.32. The van der Waals surface area contributed by atoms with E-state index in [2.05, 4.69) is 0 Å². The maximum Gasteiger partial charge on any atom is 0.234 e. The van der Waals surface area contributed by atoms with E-state index >= 15 is 0 Å². The fraction of sp³-hybridized carbons (Fsp3) is 0.667. The lowest BCUT2D eigenvalue weighted by atomic mass is 9.76. The molecular formula is C9H13NO2. The highest BCUT2D eigenvalue weighted by atomic mass is 16.3. The summed E-state index contributed by atoms with van der Waals surface area (Å²) in [6.07, 6.45) is 4.68. The predicted octanol–water partition coefficient (Wildman–Crippen LogP) is 0.502. The van der Waals surface area contributed by atoms with Crippen LogP contribution in [0.5, 0.6) is 0 Å². The molecule has 66 valence electrons. The monoisotopic (exact) mass is 167 g/mol. The van der Waals surface area contributed by atoms with E-state index in [0.29, 0.717) is 0 Å². The summed E-state index contributed by atoms with van der Waals surface area (Å²) in [6.45, 7) is 3.40. The number of carbonyl (C=O) groups is 1. The van der Waals surface area contributed by atoms with Gasteiger partial charge in [-0.15, -0.1) is 0 Å². The van der Waals surface area contributed by atoms with E-state index in [-0.39, 0.29) is 17.9 Å². The number of β-lactam (4-membered cyclic amide) rings is 1. The van der Waals surface area contributed by atoms with Crippen LogP contribution < -0.4 is 0 Å². The number of amides is 1. The molecule has 1 fully saturated rings. The van der Waals surface area contributed by atoms with Gasteiger partial charge in [-0.2, -0.15) is 0 Å². The van der Waals surface area contributed by atoms with E-state index in [1.165, 1.54) is 0 Å². The van der Waals surface area contributed by atoms with Crippen LogP contribution in [-0.2, 0) is 4.79 Å². The number of hydrogen-bond donors (Lipinski definition) is 1. The van der Waals surface area contributed by atoms with Crippen molar-refractivity contribution < 1.29 is 9.90 Å². The van der Waals surface area contributed by atoms with E-state index in [0.717, 1.165) is 6.42 Å². The van der Waals surface area contributed by atoms with Gasteiger partial charge in [-0.25, -0.2) is 0 Å². The zero-order chi connectivity index (χ0) is 8.93. The van der Waals surface area contributed by atoms with Crippen molar-refractivity contribution in [3.8, 4) is 0 Å². The van der Waals surface area contributed by atoms with Gasteiger partial charge in [0.25, 0.3) is 0 Å². The van der Waals surface area contributed by atoms with Gasteiger partial charge in [-0.1, -0.05) is 6.08 Å². The molecule has 2 heterocycles. The van der Waals surface area contributed by atoms with Gasteiger partial charge in [0.15, 0.2) is 0 Å². The quantitative estimate of drug-likeness (QED) is 0.578. The van der Waals surface area contributed by atoms with E-state index in [1.54, 1.807) is 18.7 Å². The zero-order valence-electron chi connectivity index (χ0n) is 7.32. The fourth-order valence-corrected chi connectivity index (χ4v) is 2.09. The Morgan fingerprint density at radius 1 is 1.67 bits per heavy atom. The predicted molar refractivity (Wildman–Crippen MR) is 44.2 cm³/mol. The summed E-state index contributed by atoms with van der Waals surface area (Å²) in [7, 11) is 0. The number of aliphatic hydroxyl groups is 1. The minimum Gasteiger partial charge on any atom is -0.390 e. The summed E-state index contributed by atoms with van der Waals surface area (Å²) in [6, 6.07) is 0.220. The molecule has 0 aromatic rings. The van der Waals surface area contributed by atoms with Crippen LogP contribution in [0.4, 0.5) is 0 Å². The lowest BCUT2D eigenvalue weighted by Crippen LogP contribution is -2.63. The van der Waals surface area contributed by atoms with Crippen LogP contribution in [0.3, 0.4) is 0 Å². The van der Waals surface area contributed by atoms with Crippen LogP contribution in [0.1, 0.15) is 20.3 Å². The second-order valence-electron chi connectivity index (χ2n) is 4.06. The summed E-state index contributed by atoms with van der Waals surface area (Å²) in [4.78, 5) is 13.1. The van der Waals surface area contributed by atoms with Gasteiger partial charge >= 0.3 is 0 Å². The molecule has 0 spiro atoms. The third-order valence-corrected chi connectivity index (χ3v) is 2.67. The van der Waals surface area contributed by atoms with Crippen LogP contribution in [-0.4, -0.2) is 27.6 Å². The molecule has 0 aromatic carbocycles. The standard InChI is InChI=1S/C9H13NO2/c1-9(2,12)7-6-4-3-5-10(6)8(7)11/h3,5-7,12H,4H2,1-2H3/t6-,7?/m1/s1. The normalized spacial score (nSPS) is 33.6. The molecule has 3 nitrogen and oxygen atoms in total. The van der Waals surface area contributed by atoms with Crippen LogP contribution in [0.15, 0.2) is 12.3 Å². The van der Waals surface area contributed by atoms with Crippen LogP contribution in [0, 0.1) is 5.92 Å². The summed E-state index contributed by atoms with van der Waals surface area (Å²) >= 11 is 0. The van der Waals surface area contributed by atoms with Crippen molar-refractivity contribution >= 4 is 5.91 Å². The van der Waals surface area contributed by atoms with Crippen LogP contribution in [0.2, 0.25) is 0 Å². The lowest BCUT2D eigenvalue weighted by Gasteiger charge is -2.47. The molecule has 0 saturated carbocycles. The average molecular weight is 167 g/mol. The van der Waals surface area contributed by atoms with E-state index in [4.69, 9.17) is 0 Å². The Bertz CT molecular complexity index is 252. The SMILES string of the molecule is CC(C)(O)C1C(=O)N2C=CC[C@H]12. The molecule has 2 aliphatic heterocycles. The number of carbonyl (C=O) groups excluding carboxylic acids is 1. The summed E-state index contributed by atoms with van der Waals surface area (Å²) in [5.41, 5.74) is -0.871. The highest BCUT2D eigenvalue weighted by Crippen LogP contribution is 2.40. The molecular weight excluding hydrogens is 154 g/mol. The van der Waals surface area contributed by atoms with Gasteiger partial charge in [0.2, 0.25) is 5.91 Å². The Hall–Kier alpha value is -0.830. The highest BCUT2D eigenvalue weighted by molar-refractivity contribution is 5.88. The van der Waals surface area contributed by atoms with Gasteiger partial charge in [-0.05, 0) is 20.3 Å². The van der Waals surface area contributed by atoms with Crippen molar-refractivity contribution in [2.75, 3.05) is 0 Å². The van der Waals surface area contributed by atoms with Crippen molar-refractivity contribution in [3.05, 3.63) is 12.3 Å². The van der Waals surface area contributed by atoms with Crippen LogP contribution >= 0.6 is 0 Å². The van der Waals surface area contributed by atoms with Crippen LogP contribution in [0.25, 0.3) is 0 Å². The Kier molecular flexibility index (Phi) is 1.37. The second kappa shape index (κ2) is 2.10. The highest BCUT2D eigenvalue weighted by Gasteiger charge is 2.54. The van der Waals surface area contributed by atoms with Gasteiger partial charge in [0, 0.05) is 6.20 Å². The smallest absolute Gasteiger partial charge is 0.234 e. The summed E-state index contributed by atoms with van der Waals surface area (Å²) in [5.74, 6) is -0.145. The van der Waals surface area contributed by atoms with Crippen molar-refractivity contribution in [2.24, 2.45) is 5.92 Å². The van der Waals surface area contributed by atoms with E-state index in [9.17, 15) is 9.90 Å². The average Bonchev–Trinajstić information content (AvgIpc) is 2.27. The van der Waals surface area contributed by atoms with E-state index in [1.807, 2.05) is 12.3 Å². The maximum absolute atomic E-state index is 11.4. The van der Waals surface area contributed by atoms with Crippen molar-refractivity contribution in [2.45, 2.75) is 31.9 Å². The topological polar surface area (TPSA) is 40.5 Å². The number of nitrogens with zero attached hydrogens (tertiary/aromatic N) is 1. The third-order valence-electron chi connectivity index (χ3n) is 2.67. The number of rotatable bonds is 1. The summed E-state index contributed by atoms with van der Waals surface area (Å²) in [5, 5.41) is 9.68. The minimum absolute atomic E-state index is 0.0567. The molecule has 1 saturated heterocycles. The largest absolute Gasteiger partial charge is 0.390 e. The van der Waals surface area contributed by atoms with E-state index < -0.39 is 5.60 Å². The van der Waals surface area contributed by atoms with Crippen molar-refractivity contribution in [1.82, 2.24) is 4.90 Å². The first kappa shape index (κ1) is 7.80. The Balaban J connectivity index is 2.18. The third kappa shape index (κ3) is 0.829. The fourth-order valence-electron chi connectivity index (χ4n) is 2.09. The molecule has 1 unspecified atom stereocenters. The first-order valence-electron chi connectivity index (χ1n) is 4.23. The van der Waals surface area contributed by atoms with Gasteiger partial charge < -0.3 is 10.0 Å². The lowest BCUT2D eigenvalue weighted by molar-refractivity contribution is -0.164. The first-order valence-corrected chi connectivity index (χ1v) is 4.23. The molecule has 1 N–H and O–H groups in total. The molecule has 0 radical (unpaired) electrons. The molecule has 1 amide bonds. The summed E-state index contributed by atoms with van der Waals surface area (Å²) < 4.78 is 0. The van der Waals surface area contributed by atoms with Gasteiger partial charge in [0.1, 0.15) is 0 Å². The number of fused-ring (bicyclic) bond motifs is 1. The molecule has 2 aliphatic rings. The Morgan fingerprint density at radius 2 is 2.33 bits per heavy atom. The molecule has 0 bridgehead atoms. The minimum atomic E-state index is -0.871. The molecule has 0 aliphatic carbocycles. The molecule has 2 atom stereocenters. The maximum atomic E-state index is 11.4.